The molecular formula is C15H21NO2S. The molecule has 1 aromatic carbocycles. The van der Waals surface area contributed by atoms with E-state index in [0.29, 0.717) is 0 Å². The van der Waals surface area contributed by atoms with Gasteiger partial charge in [0.15, 0.2) is 0 Å². The van der Waals surface area contributed by atoms with Gasteiger partial charge in [-0.3, -0.25) is 4.79 Å². The Hall–Kier alpha value is -1.00. The molecule has 2 rings (SSSR count). The number of amides is 1. The standard InChI is InChI=1S/C15H21NO2S/c1-19-13-7-5-12(6-8-13)16-14(17)11-15(18)9-3-2-4-10-15/h5-8,18H,2-4,9-11H2,1H3,(H,16,17). The summed E-state index contributed by atoms with van der Waals surface area (Å²) in [6.45, 7) is 0. The Morgan fingerprint density at radius 2 is 1.89 bits per heavy atom. The van der Waals surface area contributed by atoms with Crippen molar-refractivity contribution in [3.8, 4) is 0 Å². The molecule has 0 bridgehead atoms. The molecule has 4 heteroatoms. The zero-order valence-electron chi connectivity index (χ0n) is 11.3. The van der Waals surface area contributed by atoms with Crippen molar-refractivity contribution in [2.75, 3.05) is 11.6 Å². The van der Waals surface area contributed by atoms with E-state index in [0.717, 1.165) is 31.4 Å². The first-order valence-corrected chi connectivity index (χ1v) is 8.00. The minimum Gasteiger partial charge on any atom is -0.389 e. The minimum atomic E-state index is -0.790. The average molecular weight is 279 g/mol. The first-order chi connectivity index (χ1) is 9.11. The Morgan fingerprint density at radius 1 is 1.26 bits per heavy atom. The topological polar surface area (TPSA) is 49.3 Å². The maximum absolute atomic E-state index is 12.0. The van der Waals surface area contributed by atoms with Gasteiger partial charge < -0.3 is 10.4 Å². The first-order valence-electron chi connectivity index (χ1n) is 6.78. The zero-order valence-corrected chi connectivity index (χ0v) is 12.1. The average Bonchev–Trinajstić information content (AvgIpc) is 2.39. The number of hydrogen-bond acceptors (Lipinski definition) is 3. The maximum Gasteiger partial charge on any atom is 0.227 e. The summed E-state index contributed by atoms with van der Waals surface area (Å²) in [4.78, 5) is 13.1. The molecule has 0 unspecified atom stereocenters. The molecule has 1 fully saturated rings. The van der Waals surface area contributed by atoms with E-state index in [2.05, 4.69) is 5.32 Å². The SMILES string of the molecule is CSc1ccc(NC(=O)CC2(O)CCCCC2)cc1. The van der Waals surface area contributed by atoms with E-state index in [1.807, 2.05) is 30.5 Å². The molecule has 2 N–H and O–H groups in total. The van der Waals surface area contributed by atoms with E-state index in [9.17, 15) is 9.90 Å². The van der Waals surface area contributed by atoms with Crippen LogP contribution in [0.4, 0.5) is 5.69 Å². The highest BCUT2D eigenvalue weighted by Crippen LogP contribution is 2.31. The summed E-state index contributed by atoms with van der Waals surface area (Å²) in [5.74, 6) is -0.0960. The zero-order chi connectivity index (χ0) is 13.7. The van der Waals surface area contributed by atoms with Crippen LogP contribution in [-0.4, -0.2) is 22.9 Å². The first kappa shape index (κ1) is 14.4. The lowest BCUT2D eigenvalue weighted by molar-refractivity contribution is -0.122. The van der Waals surface area contributed by atoms with Crippen LogP contribution in [0.1, 0.15) is 38.5 Å². The van der Waals surface area contributed by atoms with Crippen LogP contribution in [0, 0.1) is 0 Å². The summed E-state index contributed by atoms with van der Waals surface area (Å²) in [6, 6.07) is 7.76. The van der Waals surface area contributed by atoms with Crippen LogP contribution < -0.4 is 5.32 Å². The van der Waals surface area contributed by atoms with Gasteiger partial charge in [-0.1, -0.05) is 19.3 Å². The Bertz CT molecular complexity index is 424. The van der Waals surface area contributed by atoms with Gasteiger partial charge in [-0.2, -0.15) is 0 Å². The number of anilines is 1. The predicted molar refractivity (Wildman–Crippen MR) is 79.5 cm³/mol. The number of rotatable bonds is 4. The molecule has 0 saturated heterocycles. The van der Waals surface area contributed by atoms with Crippen molar-refractivity contribution in [2.24, 2.45) is 0 Å². The van der Waals surface area contributed by atoms with E-state index in [1.165, 1.54) is 11.3 Å². The third-order valence-corrected chi connectivity index (χ3v) is 4.39. The molecule has 0 aliphatic heterocycles. The van der Waals surface area contributed by atoms with Gasteiger partial charge >= 0.3 is 0 Å². The van der Waals surface area contributed by atoms with Crippen molar-refractivity contribution in [3.05, 3.63) is 24.3 Å². The summed E-state index contributed by atoms with van der Waals surface area (Å²) in [7, 11) is 0. The fourth-order valence-electron chi connectivity index (χ4n) is 2.57. The van der Waals surface area contributed by atoms with Crippen molar-refractivity contribution in [1.29, 1.82) is 0 Å². The molecule has 1 saturated carbocycles. The Labute approximate surface area is 118 Å². The summed E-state index contributed by atoms with van der Waals surface area (Å²) in [5, 5.41) is 13.2. The van der Waals surface area contributed by atoms with Crippen LogP contribution in [0.3, 0.4) is 0 Å². The highest BCUT2D eigenvalue weighted by molar-refractivity contribution is 7.98. The van der Waals surface area contributed by atoms with E-state index >= 15 is 0 Å². The molecule has 1 aromatic rings. The highest BCUT2D eigenvalue weighted by atomic mass is 32.2. The van der Waals surface area contributed by atoms with Crippen LogP contribution in [0.15, 0.2) is 29.2 Å². The molecule has 1 aliphatic carbocycles. The Kier molecular flexibility index (Phi) is 4.88. The molecule has 104 valence electrons. The number of carbonyl (C=O) groups excluding carboxylic acids is 1. The molecule has 0 aromatic heterocycles. The second-order valence-corrected chi connectivity index (χ2v) is 6.12. The van der Waals surface area contributed by atoms with E-state index in [1.54, 1.807) is 11.8 Å². The lowest BCUT2D eigenvalue weighted by atomic mass is 9.82. The molecule has 3 nitrogen and oxygen atoms in total. The van der Waals surface area contributed by atoms with E-state index in [4.69, 9.17) is 0 Å². The molecule has 19 heavy (non-hydrogen) atoms. The number of hydrogen-bond donors (Lipinski definition) is 2. The second-order valence-electron chi connectivity index (χ2n) is 5.24. The van der Waals surface area contributed by atoms with Gasteiger partial charge in [0.05, 0.1) is 12.0 Å². The smallest absolute Gasteiger partial charge is 0.227 e. The summed E-state index contributed by atoms with van der Waals surface area (Å²) in [5.41, 5.74) is 0.00358. The van der Waals surface area contributed by atoms with Crippen LogP contribution in [0.5, 0.6) is 0 Å². The van der Waals surface area contributed by atoms with Gasteiger partial charge in [0.25, 0.3) is 0 Å². The van der Waals surface area contributed by atoms with Crippen molar-refractivity contribution >= 4 is 23.4 Å². The highest BCUT2D eigenvalue weighted by Gasteiger charge is 2.31. The number of thioether (sulfide) groups is 1. The monoisotopic (exact) mass is 279 g/mol. The maximum atomic E-state index is 12.0. The fourth-order valence-corrected chi connectivity index (χ4v) is 2.97. The number of aliphatic hydroxyl groups is 1. The number of carbonyl (C=O) groups is 1. The number of nitrogens with one attached hydrogen (secondary N) is 1. The van der Waals surface area contributed by atoms with Gasteiger partial charge in [0, 0.05) is 10.6 Å². The third-order valence-electron chi connectivity index (χ3n) is 3.65. The quantitative estimate of drug-likeness (QED) is 0.830. The van der Waals surface area contributed by atoms with Gasteiger partial charge in [0.1, 0.15) is 0 Å². The molecule has 0 spiro atoms. The van der Waals surface area contributed by atoms with Crippen LogP contribution in [-0.2, 0) is 4.79 Å². The third kappa shape index (κ3) is 4.25. The van der Waals surface area contributed by atoms with Crippen molar-refractivity contribution < 1.29 is 9.90 Å². The largest absolute Gasteiger partial charge is 0.389 e. The molecule has 1 aliphatic rings. The van der Waals surface area contributed by atoms with Gasteiger partial charge in [-0.05, 0) is 43.4 Å². The summed E-state index contributed by atoms with van der Waals surface area (Å²) < 4.78 is 0. The summed E-state index contributed by atoms with van der Waals surface area (Å²) in [6.07, 6.45) is 6.92. The number of benzene rings is 1. The Morgan fingerprint density at radius 3 is 2.47 bits per heavy atom. The molecule has 0 heterocycles. The van der Waals surface area contributed by atoms with Crippen molar-refractivity contribution in [1.82, 2.24) is 0 Å². The molecule has 0 radical (unpaired) electrons. The Balaban J connectivity index is 1.89. The van der Waals surface area contributed by atoms with E-state index in [-0.39, 0.29) is 12.3 Å². The fraction of sp³-hybridized carbons (Fsp3) is 0.533. The van der Waals surface area contributed by atoms with Crippen LogP contribution in [0.2, 0.25) is 0 Å². The normalized spacial score (nSPS) is 18.0. The predicted octanol–water partition coefficient (Wildman–Crippen LogP) is 3.43. The summed E-state index contributed by atoms with van der Waals surface area (Å²) >= 11 is 1.67. The molecule has 0 atom stereocenters. The molecular weight excluding hydrogens is 258 g/mol. The van der Waals surface area contributed by atoms with Gasteiger partial charge in [-0.25, -0.2) is 0 Å². The van der Waals surface area contributed by atoms with Crippen LogP contribution >= 0.6 is 11.8 Å². The van der Waals surface area contributed by atoms with Crippen LogP contribution in [0.25, 0.3) is 0 Å². The minimum absolute atomic E-state index is 0.0960. The van der Waals surface area contributed by atoms with Gasteiger partial charge in [-0.15, -0.1) is 11.8 Å². The van der Waals surface area contributed by atoms with Gasteiger partial charge in [0.2, 0.25) is 5.91 Å². The molecule has 1 amide bonds. The van der Waals surface area contributed by atoms with Crippen molar-refractivity contribution in [2.45, 2.75) is 49.0 Å². The lowest BCUT2D eigenvalue weighted by Crippen LogP contribution is -2.35. The van der Waals surface area contributed by atoms with E-state index < -0.39 is 5.60 Å². The van der Waals surface area contributed by atoms with Crippen molar-refractivity contribution in [3.63, 3.8) is 0 Å². The lowest BCUT2D eigenvalue weighted by Gasteiger charge is -2.31. The second kappa shape index (κ2) is 6.44.